The number of rotatable bonds is 10. The van der Waals surface area contributed by atoms with Crippen molar-refractivity contribution in [1.29, 1.82) is 0 Å². The van der Waals surface area contributed by atoms with Crippen molar-refractivity contribution in [2.24, 2.45) is 0 Å². The predicted molar refractivity (Wildman–Crippen MR) is 122 cm³/mol. The molecule has 1 amide bonds. The van der Waals surface area contributed by atoms with Gasteiger partial charge in [-0.25, -0.2) is 0 Å². The van der Waals surface area contributed by atoms with Crippen LogP contribution in [0.2, 0.25) is 0 Å². The summed E-state index contributed by atoms with van der Waals surface area (Å²) in [6.07, 6.45) is 3.23. The summed E-state index contributed by atoms with van der Waals surface area (Å²) in [5.41, 5.74) is 3.52. The summed E-state index contributed by atoms with van der Waals surface area (Å²) >= 11 is 0. The first kappa shape index (κ1) is 22.9. The van der Waals surface area contributed by atoms with E-state index in [9.17, 15) is 4.79 Å². The van der Waals surface area contributed by atoms with Crippen LogP contribution in [0.15, 0.2) is 36.4 Å². The minimum absolute atomic E-state index is 0.187. The van der Waals surface area contributed by atoms with E-state index in [2.05, 4.69) is 24.1 Å². The molecule has 1 aliphatic rings. The summed E-state index contributed by atoms with van der Waals surface area (Å²) in [7, 11) is 7.09. The molecule has 0 unspecified atom stereocenters. The number of hydrogen-bond acceptors (Lipinski definition) is 5. The first-order valence-electron chi connectivity index (χ1n) is 10.9. The molecule has 1 aliphatic heterocycles. The maximum atomic E-state index is 12.8. The van der Waals surface area contributed by atoms with Crippen LogP contribution in [0, 0.1) is 0 Å². The van der Waals surface area contributed by atoms with Gasteiger partial charge in [0.05, 0.1) is 27.8 Å². The molecule has 31 heavy (non-hydrogen) atoms. The van der Waals surface area contributed by atoms with E-state index in [1.807, 2.05) is 29.2 Å². The Morgan fingerprint density at radius 2 is 1.61 bits per heavy atom. The van der Waals surface area contributed by atoms with Crippen molar-refractivity contribution in [2.75, 3.05) is 54.6 Å². The van der Waals surface area contributed by atoms with Crippen LogP contribution in [0.5, 0.6) is 17.2 Å². The molecule has 2 aromatic rings. The average molecular weight is 427 g/mol. The van der Waals surface area contributed by atoms with Gasteiger partial charge in [-0.05, 0) is 73.8 Å². The average Bonchev–Trinajstić information content (AvgIpc) is 2.94. The summed E-state index contributed by atoms with van der Waals surface area (Å²) in [4.78, 5) is 17.1. The summed E-state index contributed by atoms with van der Waals surface area (Å²) in [5.74, 6) is 2.48. The number of methoxy groups -OCH3 is 3. The lowest BCUT2D eigenvalue weighted by Gasteiger charge is -2.23. The molecule has 0 N–H and O–H groups in total. The third kappa shape index (κ3) is 6.14. The third-order valence-corrected chi connectivity index (χ3v) is 5.96. The molecule has 0 spiro atoms. The van der Waals surface area contributed by atoms with Gasteiger partial charge in [-0.15, -0.1) is 0 Å². The van der Waals surface area contributed by atoms with Gasteiger partial charge >= 0.3 is 0 Å². The van der Waals surface area contributed by atoms with Gasteiger partial charge in [0.25, 0.3) is 0 Å². The lowest BCUT2D eigenvalue weighted by Crippen LogP contribution is -2.35. The Morgan fingerprint density at radius 3 is 2.26 bits per heavy atom. The second-order valence-corrected chi connectivity index (χ2v) is 8.04. The fourth-order valence-electron chi connectivity index (χ4n) is 4.01. The highest BCUT2D eigenvalue weighted by Gasteiger charge is 2.22. The second-order valence-electron chi connectivity index (χ2n) is 8.04. The number of ether oxygens (including phenoxy) is 3. The zero-order valence-electron chi connectivity index (χ0n) is 19.1. The number of amides is 1. The fourth-order valence-corrected chi connectivity index (χ4v) is 4.01. The van der Waals surface area contributed by atoms with Crippen LogP contribution in [-0.2, 0) is 24.1 Å². The van der Waals surface area contributed by atoms with Crippen LogP contribution in [0.3, 0.4) is 0 Å². The first-order chi connectivity index (χ1) is 15.0. The number of carbonyl (C=O) groups is 1. The monoisotopic (exact) mass is 426 g/mol. The SMILES string of the molecule is COc1ccc(CCN(C)CCCN2CCc3cc(OC)c(OC)cc3CC2=O)cc1. The van der Waals surface area contributed by atoms with Crippen LogP contribution in [0.1, 0.15) is 23.1 Å². The fraction of sp³-hybridized carbons (Fsp3) is 0.480. The Bertz CT molecular complexity index is 867. The second kappa shape index (κ2) is 11.0. The maximum absolute atomic E-state index is 12.8. The van der Waals surface area contributed by atoms with Gasteiger partial charge in [-0.3, -0.25) is 4.79 Å². The summed E-state index contributed by atoms with van der Waals surface area (Å²) in [6, 6.07) is 12.2. The Morgan fingerprint density at radius 1 is 0.935 bits per heavy atom. The molecule has 3 rings (SSSR count). The van der Waals surface area contributed by atoms with E-state index in [1.165, 1.54) is 11.1 Å². The van der Waals surface area contributed by atoms with E-state index in [0.717, 1.165) is 62.5 Å². The van der Waals surface area contributed by atoms with E-state index in [0.29, 0.717) is 12.2 Å². The Balaban J connectivity index is 1.46. The normalized spacial score (nSPS) is 13.7. The molecule has 168 valence electrons. The summed E-state index contributed by atoms with van der Waals surface area (Å²) in [6.45, 7) is 3.49. The topological polar surface area (TPSA) is 51.2 Å². The lowest BCUT2D eigenvalue weighted by molar-refractivity contribution is -0.130. The number of carbonyl (C=O) groups excluding carboxylic acids is 1. The lowest BCUT2D eigenvalue weighted by atomic mass is 10.0. The van der Waals surface area contributed by atoms with E-state index >= 15 is 0 Å². The number of nitrogens with zero attached hydrogens (tertiary/aromatic N) is 2. The third-order valence-electron chi connectivity index (χ3n) is 5.96. The van der Waals surface area contributed by atoms with Gasteiger partial charge in [0.15, 0.2) is 11.5 Å². The molecule has 6 heteroatoms. The molecular weight excluding hydrogens is 392 g/mol. The van der Waals surface area contributed by atoms with E-state index in [4.69, 9.17) is 14.2 Å². The van der Waals surface area contributed by atoms with E-state index < -0.39 is 0 Å². The molecular formula is C25H34N2O4. The van der Waals surface area contributed by atoms with Gasteiger partial charge in [-0.2, -0.15) is 0 Å². The van der Waals surface area contributed by atoms with Crippen molar-refractivity contribution in [3.63, 3.8) is 0 Å². The van der Waals surface area contributed by atoms with Crippen LogP contribution < -0.4 is 14.2 Å². The van der Waals surface area contributed by atoms with Crippen molar-refractivity contribution in [3.05, 3.63) is 53.1 Å². The highest BCUT2D eigenvalue weighted by atomic mass is 16.5. The molecule has 2 aromatic carbocycles. The van der Waals surface area contributed by atoms with Crippen LogP contribution in [-0.4, -0.2) is 70.3 Å². The van der Waals surface area contributed by atoms with Crippen molar-refractivity contribution >= 4 is 5.91 Å². The first-order valence-corrected chi connectivity index (χ1v) is 10.9. The van der Waals surface area contributed by atoms with E-state index in [-0.39, 0.29) is 5.91 Å². The van der Waals surface area contributed by atoms with Gasteiger partial charge in [0.1, 0.15) is 5.75 Å². The molecule has 0 aliphatic carbocycles. The molecule has 0 aromatic heterocycles. The molecule has 0 saturated heterocycles. The number of hydrogen-bond donors (Lipinski definition) is 0. The summed E-state index contributed by atoms with van der Waals surface area (Å²) in [5, 5.41) is 0. The maximum Gasteiger partial charge on any atom is 0.227 e. The predicted octanol–water partition coefficient (Wildman–Crippen LogP) is 3.20. The van der Waals surface area contributed by atoms with Gasteiger partial charge in [0.2, 0.25) is 5.91 Å². The number of benzene rings is 2. The van der Waals surface area contributed by atoms with Crippen molar-refractivity contribution < 1.29 is 19.0 Å². The van der Waals surface area contributed by atoms with E-state index in [1.54, 1.807) is 21.3 Å². The standard InChI is InChI=1S/C25H34N2O4/c1-26(14-10-19-6-8-22(29-2)9-7-19)12-5-13-27-15-11-20-16-23(30-3)24(31-4)17-21(20)18-25(27)28/h6-9,16-17H,5,10-15,18H2,1-4H3. The Kier molecular flexibility index (Phi) is 8.18. The zero-order valence-corrected chi connectivity index (χ0v) is 19.1. The summed E-state index contributed by atoms with van der Waals surface area (Å²) < 4.78 is 16.0. The highest BCUT2D eigenvalue weighted by Crippen LogP contribution is 2.32. The molecule has 6 nitrogen and oxygen atoms in total. The minimum atomic E-state index is 0.187. The van der Waals surface area contributed by atoms with Crippen molar-refractivity contribution in [3.8, 4) is 17.2 Å². The van der Waals surface area contributed by atoms with Gasteiger partial charge in [0, 0.05) is 19.6 Å². The molecule has 0 bridgehead atoms. The molecule has 0 saturated carbocycles. The smallest absolute Gasteiger partial charge is 0.227 e. The van der Waals surface area contributed by atoms with Crippen LogP contribution >= 0.6 is 0 Å². The largest absolute Gasteiger partial charge is 0.497 e. The van der Waals surface area contributed by atoms with Crippen LogP contribution in [0.25, 0.3) is 0 Å². The molecule has 1 heterocycles. The Labute approximate surface area is 185 Å². The molecule has 0 radical (unpaired) electrons. The molecule has 0 atom stereocenters. The Hall–Kier alpha value is -2.73. The number of fused-ring (bicyclic) bond motifs is 1. The highest BCUT2D eigenvalue weighted by molar-refractivity contribution is 5.80. The van der Waals surface area contributed by atoms with Gasteiger partial charge in [-0.1, -0.05) is 12.1 Å². The van der Waals surface area contributed by atoms with Crippen molar-refractivity contribution in [2.45, 2.75) is 25.7 Å². The van der Waals surface area contributed by atoms with Crippen molar-refractivity contribution in [1.82, 2.24) is 9.80 Å². The van der Waals surface area contributed by atoms with Gasteiger partial charge < -0.3 is 24.0 Å². The number of likely N-dealkylation sites (N-methyl/N-ethyl adjacent to an activating group) is 1. The zero-order chi connectivity index (χ0) is 22.2. The minimum Gasteiger partial charge on any atom is -0.497 e. The quantitative estimate of drug-likeness (QED) is 0.584. The molecule has 0 fully saturated rings. The van der Waals surface area contributed by atoms with Crippen LogP contribution in [0.4, 0.5) is 0 Å².